The molecule has 2 aromatic carbocycles. The lowest BCUT2D eigenvalue weighted by Gasteiger charge is -2.28. The van der Waals surface area contributed by atoms with Crippen LogP contribution >= 0.6 is 0 Å². The minimum atomic E-state index is -1.09. The number of amides is 2. The number of para-hydroxylation sites is 1. The number of nitrogens with one attached hydrogen (secondary N) is 3. The molecule has 2 atom stereocenters. The van der Waals surface area contributed by atoms with Crippen molar-refractivity contribution in [2.75, 3.05) is 20.3 Å². The van der Waals surface area contributed by atoms with Crippen LogP contribution in [-0.2, 0) is 9.53 Å². The van der Waals surface area contributed by atoms with E-state index in [0.29, 0.717) is 35.4 Å². The molecule has 0 saturated carbocycles. The van der Waals surface area contributed by atoms with Gasteiger partial charge in [-0.2, -0.15) is 5.10 Å². The zero-order chi connectivity index (χ0) is 28.8. The highest BCUT2D eigenvalue weighted by Gasteiger charge is 2.32. The summed E-state index contributed by atoms with van der Waals surface area (Å²) in [5.41, 5.74) is 6.03. The van der Waals surface area contributed by atoms with Crippen LogP contribution in [0.4, 0.5) is 4.79 Å². The SMILES string of the molecule is CCOc1cc([C@@H]2NC(=O)NC(C)=C2C(=O)OC)ccc1OC[C@H](O)N/N=C/c1cn(C(C)C)c2ccccc12. The smallest absolute Gasteiger partial charge is 0.337 e. The van der Waals surface area contributed by atoms with Crippen LogP contribution in [0.15, 0.2) is 65.0 Å². The molecule has 0 unspecified atom stereocenters. The van der Waals surface area contributed by atoms with Crippen LogP contribution in [0.25, 0.3) is 10.9 Å². The predicted molar refractivity (Wildman–Crippen MR) is 151 cm³/mol. The van der Waals surface area contributed by atoms with Crippen molar-refractivity contribution in [3.05, 3.63) is 71.1 Å². The fourth-order valence-electron chi connectivity index (χ4n) is 4.58. The number of fused-ring (bicyclic) bond motifs is 1. The summed E-state index contributed by atoms with van der Waals surface area (Å²) in [4.78, 5) is 24.5. The lowest BCUT2D eigenvalue weighted by atomic mass is 9.95. The number of aliphatic hydroxyl groups excluding tert-OH is 1. The van der Waals surface area contributed by atoms with Crippen molar-refractivity contribution >= 4 is 29.1 Å². The average Bonchev–Trinajstić information content (AvgIpc) is 3.30. The number of hydrazone groups is 1. The van der Waals surface area contributed by atoms with Crippen molar-refractivity contribution in [3.63, 3.8) is 0 Å². The van der Waals surface area contributed by atoms with Gasteiger partial charge >= 0.3 is 12.0 Å². The Bertz CT molecular complexity index is 1440. The summed E-state index contributed by atoms with van der Waals surface area (Å²) in [6, 6.07) is 12.3. The van der Waals surface area contributed by atoms with E-state index in [4.69, 9.17) is 14.2 Å². The monoisotopic (exact) mass is 549 g/mol. The summed E-state index contributed by atoms with van der Waals surface area (Å²) in [5, 5.41) is 21.1. The zero-order valence-corrected chi connectivity index (χ0v) is 23.2. The molecule has 0 fully saturated rings. The number of ether oxygens (including phenoxy) is 3. The van der Waals surface area contributed by atoms with E-state index in [1.54, 1.807) is 31.3 Å². The fraction of sp³-hybridized carbons (Fsp3) is 0.345. The maximum absolute atomic E-state index is 12.4. The first kappa shape index (κ1) is 28.5. The topological polar surface area (TPSA) is 135 Å². The first-order chi connectivity index (χ1) is 19.2. The van der Waals surface area contributed by atoms with E-state index in [1.165, 1.54) is 7.11 Å². The molecule has 2 heterocycles. The van der Waals surface area contributed by atoms with Gasteiger partial charge in [-0.15, -0.1) is 0 Å². The van der Waals surface area contributed by atoms with Gasteiger partial charge in [0.05, 0.1) is 31.5 Å². The lowest BCUT2D eigenvalue weighted by molar-refractivity contribution is -0.136. The fourth-order valence-corrected chi connectivity index (χ4v) is 4.58. The number of methoxy groups -OCH3 is 1. The van der Waals surface area contributed by atoms with Gasteiger partial charge in [0.1, 0.15) is 6.61 Å². The third kappa shape index (κ3) is 6.20. The Morgan fingerprint density at radius 3 is 2.70 bits per heavy atom. The number of carbonyl (C=O) groups excluding carboxylic acids is 2. The van der Waals surface area contributed by atoms with Crippen molar-refractivity contribution in [3.8, 4) is 11.5 Å². The second-order valence-corrected chi connectivity index (χ2v) is 9.52. The molecule has 4 rings (SSSR count). The molecular weight excluding hydrogens is 514 g/mol. The van der Waals surface area contributed by atoms with Crippen LogP contribution in [-0.4, -0.2) is 54.4 Å². The Morgan fingerprint density at radius 1 is 1.20 bits per heavy atom. The Balaban J connectivity index is 1.45. The molecule has 1 aromatic heterocycles. The molecule has 212 valence electrons. The maximum Gasteiger partial charge on any atom is 0.337 e. The van der Waals surface area contributed by atoms with Crippen molar-refractivity contribution in [1.82, 2.24) is 20.6 Å². The van der Waals surface area contributed by atoms with Crippen LogP contribution in [0.3, 0.4) is 0 Å². The first-order valence-corrected chi connectivity index (χ1v) is 13.1. The van der Waals surface area contributed by atoms with Crippen LogP contribution in [0.2, 0.25) is 0 Å². The molecule has 0 radical (unpaired) electrons. The molecular formula is C29H35N5O6. The molecule has 1 aliphatic heterocycles. The third-order valence-electron chi connectivity index (χ3n) is 6.43. The van der Waals surface area contributed by atoms with E-state index >= 15 is 0 Å². The Morgan fingerprint density at radius 2 is 1.98 bits per heavy atom. The summed E-state index contributed by atoms with van der Waals surface area (Å²) in [6.07, 6.45) is 2.61. The van der Waals surface area contributed by atoms with Gasteiger partial charge in [-0.25, -0.2) is 9.59 Å². The van der Waals surface area contributed by atoms with Crippen molar-refractivity contribution in [2.24, 2.45) is 5.10 Å². The van der Waals surface area contributed by atoms with Crippen LogP contribution < -0.4 is 25.5 Å². The van der Waals surface area contributed by atoms with Gasteiger partial charge in [0.25, 0.3) is 0 Å². The van der Waals surface area contributed by atoms with E-state index in [9.17, 15) is 14.7 Å². The van der Waals surface area contributed by atoms with E-state index in [-0.39, 0.29) is 12.2 Å². The second kappa shape index (κ2) is 12.6. The number of rotatable bonds is 11. The number of carbonyl (C=O) groups is 2. The molecule has 0 aliphatic carbocycles. The normalized spacial score (nSPS) is 16.2. The lowest BCUT2D eigenvalue weighted by Crippen LogP contribution is -2.45. The summed E-state index contributed by atoms with van der Waals surface area (Å²) in [5.74, 6) is 0.222. The van der Waals surface area contributed by atoms with E-state index in [0.717, 1.165) is 16.5 Å². The Hall–Kier alpha value is -4.51. The van der Waals surface area contributed by atoms with Gasteiger partial charge in [0, 0.05) is 34.4 Å². The van der Waals surface area contributed by atoms with Crippen LogP contribution in [0.1, 0.15) is 50.9 Å². The molecule has 2 amide bonds. The summed E-state index contributed by atoms with van der Waals surface area (Å²) < 4.78 is 18.7. The van der Waals surface area contributed by atoms with Gasteiger partial charge in [-0.05, 0) is 51.5 Å². The summed E-state index contributed by atoms with van der Waals surface area (Å²) in [7, 11) is 1.28. The van der Waals surface area contributed by atoms with Crippen molar-refractivity contribution in [1.29, 1.82) is 0 Å². The van der Waals surface area contributed by atoms with Gasteiger partial charge in [0.2, 0.25) is 0 Å². The largest absolute Gasteiger partial charge is 0.490 e. The Kier molecular flexibility index (Phi) is 8.95. The first-order valence-electron chi connectivity index (χ1n) is 13.1. The number of urea groups is 1. The summed E-state index contributed by atoms with van der Waals surface area (Å²) in [6.45, 7) is 7.95. The standard InChI is InChI=1S/C29H35N5O6/c1-6-39-24-13-19(27-26(28(36)38-5)18(4)31-29(37)32-27)11-12-23(24)40-16-25(35)33-30-14-20-15-34(17(2)3)22-10-8-7-9-21(20)22/h7-15,17,25,27,33,35H,6,16H2,1-5H3,(H2,31,32,37)/b30-14+/t25-,27-/m0/s1. The zero-order valence-electron chi connectivity index (χ0n) is 23.2. The third-order valence-corrected chi connectivity index (χ3v) is 6.43. The number of nitrogens with zero attached hydrogens (tertiary/aromatic N) is 2. The molecule has 11 nitrogen and oxygen atoms in total. The highest BCUT2D eigenvalue weighted by Crippen LogP contribution is 2.35. The number of esters is 1. The second-order valence-electron chi connectivity index (χ2n) is 9.52. The quantitative estimate of drug-likeness (QED) is 0.124. The highest BCUT2D eigenvalue weighted by molar-refractivity contribution is 5.99. The number of allylic oxidation sites excluding steroid dienone is 1. The van der Waals surface area contributed by atoms with E-state index in [1.807, 2.05) is 31.3 Å². The number of benzene rings is 2. The van der Waals surface area contributed by atoms with Crippen LogP contribution in [0.5, 0.6) is 11.5 Å². The molecule has 0 spiro atoms. The molecule has 3 aromatic rings. The molecule has 11 heteroatoms. The van der Waals surface area contributed by atoms with Crippen molar-refractivity contribution < 1.29 is 28.9 Å². The van der Waals surface area contributed by atoms with E-state index in [2.05, 4.69) is 45.6 Å². The highest BCUT2D eigenvalue weighted by atomic mass is 16.5. The minimum Gasteiger partial charge on any atom is -0.490 e. The predicted octanol–water partition coefficient (Wildman–Crippen LogP) is 3.74. The van der Waals surface area contributed by atoms with Gasteiger partial charge < -0.3 is 34.5 Å². The number of aliphatic hydroxyl groups is 1. The molecule has 40 heavy (non-hydrogen) atoms. The molecule has 0 saturated heterocycles. The van der Waals surface area contributed by atoms with Gasteiger partial charge in [0.15, 0.2) is 17.7 Å². The molecule has 1 aliphatic rings. The molecule has 4 N–H and O–H groups in total. The minimum absolute atomic E-state index is 0.110. The van der Waals surface area contributed by atoms with E-state index < -0.39 is 24.3 Å². The van der Waals surface area contributed by atoms with Crippen molar-refractivity contribution in [2.45, 2.75) is 46.0 Å². The summed E-state index contributed by atoms with van der Waals surface area (Å²) >= 11 is 0. The van der Waals surface area contributed by atoms with Gasteiger partial charge in [-0.3, -0.25) is 5.43 Å². The average molecular weight is 550 g/mol. The van der Waals surface area contributed by atoms with Gasteiger partial charge in [-0.1, -0.05) is 24.3 Å². The Labute approximate surface area is 232 Å². The number of aromatic nitrogens is 1. The number of hydrogen-bond acceptors (Lipinski definition) is 8. The number of hydrogen-bond donors (Lipinski definition) is 4. The molecule has 0 bridgehead atoms. The maximum atomic E-state index is 12.4. The van der Waals surface area contributed by atoms with Crippen LogP contribution in [0, 0.1) is 0 Å².